The summed E-state index contributed by atoms with van der Waals surface area (Å²) in [5, 5.41) is 0. The molecule has 0 aliphatic rings. The van der Waals surface area contributed by atoms with Gasteiger partial charge in [0.2, 0.25) is 0 Å². The fraction of sp³-hybridized carbons (Fsp3) is 1.00. The maximum Gasteiger partial charge on any atom is 0.411 e. The van der Waals surface area contributed by atoms with Gasteiger partial charge in [0.15, 0.2) is 0 Å². The zero-order chi connectivity index (χ0) is 10.3. The average molecular weight is 205 g/mol. The summed E-state index contributed by atoms with van der Waals surface area (Å²) < 4.78 is 13.6. The quantitative estimate of drug-likeness (QED) is 0.588. The summed E-state index contributed by atoms with van der Waals surface area (Å²) in [5.41, 5.74) is 0. The Balaban J connectivity index is 4.11. The van der Waals surface area contributed by atoms with Crippen molar-refractivity contribution in [2.24, 2.45) is 0 Å². The third-order valence-corrected chi connectivity index (χ3v) is 4.66. The van der Waals surface area contributed by atoms with Crippen molar-refractivity contribution < 1.29 is 8.85 Å². The van der Waals surface area contributed by atoms with Gasteiger partial charge in [-0.25, -0.2) is 0 Å². The van der Waals surface area contributed by atoms with E-state index < -0.39 is 9.45 Å². The Morgan fingerprint density at radius 2 is 1.54 bits per heavy atom. The van der Waals surface area contributed by atoms with Gasteiger partial charge in [-0.15, -0.1) is 0 Å². The molecule has 0 saturated carbocycles. The summed E-state index contributed by atoms with van der Waals surface area (Å²) in [5.74, 6) is 0. The zero-order valence-electron chi connectivity index (χ0n) is 9.54. The lowest BCUT2D eigenvalue weighted by Gasteiger charge is -2.30. The standard InChI is InChI=1S/C9H23NO2Si/c1-6-10(9(4)5)13(11-7-2)12-8-3/h9,13H,6-8H2,1-5H3. The minimum absolute atomic E-state index is 0.514. The Bertz CT molecular complexity index is 116. The molecule has 4 heteroatoms. The highest BCUT2D eigenvalue weighted by atomic mass is 28.3. The third-order valence-electron chi connectivity index (χ3n) is 1.92. The lowest BCUT2D eigenvalue weighted by molar-refractivity contribution is 0.143. The molecule has 0 bridgehead atoms. The van der Waals surface area contributed by atoms with Crippen LogP contribution in [0.2, 0.25) is 0 Å². The topological polar surface area (TPSA) is 21.7 Å². The van der Waals surface area contributed by atoms with E-state index in [0.717, 1.165) is 19.8 Å². The molecule has 0 saturated heterocycles. The molecule has 0 aromatic heterocycles. The van der Waals surface area contributed by atoms with Gasteiger partial charge in [-0.05, 0) is 20.4 Å². The fourth-order valence-corrected chi connectivity index (χ4v) is 3.12. The molecular formula is C9H23NO2Si. The molecule has 0 radical (unpaired) electrons. The molecular weight excluding hydrogens is 182 g/mol. The predicted molar refractivity (Wildman–Crippen MR) is 57.9 cm³/mol. The Morgan fingerprint density at radius 1 is 1.08 bits per heavy atom. The lowest BCUT2D eigenvalue weighted by Crippen LogP contribution is -2.48. The van der Waals surface area contributed by atoms with Gasteiger partial charge in [0, 0.05) is 19.3 Å². The molecule has 0 aliphatic carbocycles. The van der Waals surface area contributed by atoms with Crippen LogP contribution in [0.4, 0.5) is 0 Å². The Hall–Kier alpha value is 0.0969. The first-order valence-electron chi connectivity index (χ1n) is 5.16. The molecule has 0 amide bonds. The van der Waals surface area contributed by atoms with Crippen molar-refractivity contribution in [3.05, 3.63) is 0 Å². The number of hydrogen-bond donors (Lipinski definition) is 0. The summed E-state index contributed by atoms with van der Waals surface area (Å²) in [6.07, 6.45) is 0. The van der Waals surface area contributed by atoms with Crippen molar-refractivity contribution >= 4 is 9.45 Å². The van der Waals surface area contributed by atoms with Crippen LogP contribution in [0.1, 0.15) is 34.6 Å². The van der Waals surface area contributed by atoms with E-state index in [-0.39, 0.29) is 0 Å². The van der Waals surface area contributed by atoms with Gasteiger partial charge in [-0.1, -0.05) is 20.8 Å². The van der Waals surface area contributed by atoms with Crippen molar-refractivity contribution in [1.29, 1.82) is 0 Å². The van der Waals surface area contributed by atoms with Gasteiger partial charge in [-0.2, -0.15) is 0 Å². The zero-order valence-corrected chi connectivity index (χ0v) is 10.7. The van der Waals surface area contributed by atoms with Gasteiger partial charge in [0.05, 0.1) is 0 Å². The third kappa shape index (κ3) is 4.76. The van der Waals surface area contributed by atoms with Gasteiger partial charge in [0.25, 0.3) is 0 Å². The van der Waals surface area contributed by atoms with Crippen LogP contribution in [-0.2, 0) is 8.85 Å². The SMILES string of the molecule is CCO[SiH](OCC)N(CC)C(C)C. The van der Waals surface area contributed by atoms with Crippen molar-refractivity contribution in [2.45, 2.75) is 40.7 Å². The molecule has 0 unspecified atom stereocenters. The predicted octanol–water partition coefficient (Wildman–Crippen LogP) is 1.51. The summed E-state index contributed by atoms with van der Waals surface area (Å²) in [6.45, 7) is 13.1. The van der Waals surface area contributed by atoms with Crippen LogP contribution in [0.3, 0.4) is 0 Å². The maximum absolute atomic E-state index is 5.64. The molecule has 80 valence electrons. The van der Waals surface area contributed by atoms with Crippen molar-refractivity contribution in [1.82, 2.24) is 4.57 Å². The van der Waals surface area contributed by atoms with Crippen molar-refractivity contribution in [3.8, 4) is 0 Å². The fourth-order valence-electron chi connectivity index (χ4n) is 1.28. The first-order chi connectivity index (χ1) is 6.17. The second-order valence-electron chi connectivity index (χ2n) is 3.14. The van der Waals surface area contributed by atoms with Crippen LogP contribution in [0.25, 0.3) is 0 Å². The van der Waals surface area contributed by atoms with Gasteiger partial charge < -0.3 is 8.85 Å². The van der Waals surface area contributed by atoms with E-state index in [4.69, 9.17) is 8.85 Å². The van der Waals surface area contributed by atoms with Crippen LogP contribution in [0.15, 0.2) is 0 Å². The first kappa shape index (κ1) is 13.1. The Morgan fingerprint density at radius 3 is 1.77 bits per heavy atom. The molecule has 0 fully saturated rings. The summed E-state index contributed by atoms with van der Waals surface area (Å²) in [4.78, 5) is 0. The molecule has 0 aromatic carbocycles. The van der Waals surface area contributed by atoms with E-state index in [2.05, 4.69) is 25.3 Å². The van der Waals surface area contributed by atoms with E-state index in [1.165, 1.54) is 0 Å². The molecule has 0 spiro atoms. The highest BCUT2D eigenvalue weighted by Gasteiger charge is 2.23. The Labute approximate surface area is 83.9 Å². The minimum atomic E-state index is -1.57. The van der Waals surface area contributed by atoms with Crippen LogP contribution < -0.4 is 0 Å². The van der Waals surface area contributed by atoms with E-state index >= 15 is 0 Å². The van der Waals surface area contributed by atoms with Crippen LogP contribution in [0, 0.1) is 0 Å². The highest BCUT2D eigenvalue weighted by molar-refractivity contribution is 6.41. The maximum atomic E-state index is 5.64. The number of hydrogen-bond acceptors (Lipinski definition) is 3. The van der Waals surface area contributed by atoms with Gasteiger partial charge in [-0.3, -0.25) is 4.57 Å². The second kappa shape index (κ2) is 7.50. The number of nitrogens with zero attached hydrogens (tertiary/aromatic N) is 1. The highest BCUT2D eigenvalue weighted by Crippen LogP contribution is 2.04. The van der Waals surface area contributed by atoms with Crippen molar-refractivity contribution in [3.63, 3.8) is 0 Å². The Kier molecular flexibility index (Phi) is 7.55. The first-order valence-corrected chi connectivity index (χ1v) is 6.62. The van der Waals surface area contributed by atoms with E-state index in [1.54, 1.807) is 0 Å². The monoisotopic (exact) mass is 205 g/mol. The normalized spacial score (nSPS) is 12.0. The molecule has 0 atom stereocenters. The van der Waals surface area contributed by atoms with E-state index in [1.807, 2.05) is 13.8 Å². The van der Waals surface area contributed by atoms with Crippen LogP contribution >= 0.6 is 0 Å². The number of rotatable bonds is 7. The van der Waals surface area contributed by atoms with Crippen molar-refractivity contribution in [2.75, 3.05) is 19.8 Å². The van der Waals surface area contributed by atoms with E-state index in [9.17, 15) is 0 Å². The molecule has 0 rings (SSSR count). The van der Waals surface area contributed by atoms with E-state index in [0.29, 0.717) is 6.04 Å². The van der Waals surface area contributed by atoms with Gasteiger partial charge in [0.1, 0.15) is 0 Å². The smallest absolute Gasteiger partial charge is 0.385 e. The second-order valence-corrected chi connectivity index (χ2v) is 5.09. The van der Waals surface area contributed by atoms with Gasteiger partial charge >= 0.3 is 9.45 Å². The summed E-state index contributed by atoms with van der Waals surface area (Å²) >= 11 is 0. The lowest BCUT2D eigenvalue weighted by atomic mass is 10.4. The molecule has 13 heavy (non-hydrogen) atoms. The molecule has 0 heterocycles. The largest absolute Gasteiger partial charge is 0.411 e. The molecule has 0 N–H and O–H groups in total. The molecule has 3 nitrogen and oxygen atoms in total. The summed E-state index contributed by atoms with van der Waals surface area (Å²) in [7, 11) is -1.57. The minimum Gasteiger partial charge on any atom is -0.385 e. The average Bonchev–Trinajstić information content (AvgIpc) is 2.05. The summed E-state index contributed by atoms with van der Waals surface area (Å²) in [6, 6.07) is 0.514. The molecule has 0 aliphatic heterocycles. The van der Waals surface area contributed by atoms with Crippen LogP contribution in [-0.4, -0.2) is 39.8 Å². The molecule has 0 aromatic rings. The van der Waals surface area contributed by atoms with Crippen LogP contribution in [0.5, 0.6) is 0 Å².